The fraction of sp³-hybridized carbons (Fsp3) is 0.800. The molecule has 4 atom stereocenters. The first-order valence-electron chi connectivity index (χ1n) is 9.41. The van der Waals surface area contributed by atoms with E-state index in [9.17, 15) is 0 Å². The van der Waals surface area contributed by atoms with Crippen molar-refractivity contribution in [3.05, 3.63) is 0 Å². The zero-order valence-electron chi connectivity index (χ0n) is 16.9. The van der Waals surface area contributed by atoms with Gasteiger partial charge in [0.2, 0.25) is 0 Å². The fourth-order valence-corrected chi connectivity index (χ4v) is 3.38. The summed E-state index contributed by atoms with van der Waals surface area (Å²) in [7, 11) is 3.73. The molecule has 136 valence electrons. The number of amidine groups is 2. The van der Waals surface area contributed by atoms with Crippen molar-refractivity contribution in [1.82, 2.24) is 0 Å². The largest absolute Gasteiger partial charge is 0.297 e. The normalized spacial score (nSPS) is 27.2. The Morgan fingerprint density at radius 1 is 1.21 bits per heavy atom. The van der Waals surface area contributed by atoms with Crippen molar-refractivity contribution >= 4 is 23.1 Å². The monoisotopic (exact) mass is 332 g/mol. The summed E-state index contributed by atoms with van der Waals surface area (Å²) in [4.78, 5) is 18.4. The summed E-state index contributed by atoms with van der Waals surface area (Å²) in [6.45, 7) is 13.2. The first kappa shape index (κ1) is 20.7. The molecule has 0 aromatic heterocycles. The number of hydrogen-bond acceptors (Lipinski definition) is 3. The highest BCUT2D eigenvalue weighted by Crippen LogP contribution is 2.26. The molecule has 0 spiro atoms. The van der Waals surface area contributed by atoms with Crippen LogP contribution in [0.2, 0.25) is 0 Å². The number of hydrogen-bond donors (Lipinski definition) is 0. The Hall–Kier alpha value is -1.32. The molecule has 0 aliphatic carbocycles. The lowest BCUT2D eigenvalue weighted by Crippen LogP contribution is -2.28. The second-order valence-electron chi connectivity index (χ2n) is 7.15. The summed E-state index contributed by atoms with van der Waals surface area (Å²) in [5.41, 5.74) is 2.42. The van der Waals surface area contributed by atoms with Crippen LogP contribution in [0.3, 0.4) is 0 Å². The molecule has 1 heterocycles. The Kier molecular flexibility index (Phi) is 8.51. The molecule has 0 N–H and O–H groups in total. The van der Waals surface area contributed by atoms with E-state index in [2.05, 4.69) is 51.5 Å². The van der Waals surface area contributed by atoms with Gasteiger partial charge in [-0.25, -0.2) is 9.98 Å². The topological polar surface area (TPSA) is 49.4 Å². The highest BCUT2D eigenvalue weighted by molar-refractivity contribution is 6.06. The molecule has 0 saturated carbocycles. The van der Waals surface area contributed by atoms with Crippen LogP contribution in [0.4, 0.5) is 0 Å². The van der Waals surface area contributed by atoms with Crippen LogP contribution in [0.5, 0.6) is 0 Å². The standard InChI is InChI=1S/C20H36N4/c1-9-17(16(6)21-7)11-13(3)15(5)23-19-14(4)12-18(10-2)20(22-8)24-19/h13-14,17-18H,9-12H2,1-8H3. The van der Waals surface area contributed by atoms with Crippen molar-refractivity contribution in [2.24, 2.45) is 43.6 Å². The van der Waals surface area contributed by atoms with E-state index in [4.69, 9.17) is 9.98 Å². The van der Waals surface area contributed by atoms with E-state index in [1.165, 1.54) is 11.4 Å². The van der Waals surface area contributed by atoms with E-state index in [0.29, 0.717) is 23.7 Å². The number of aliphatic imine (C=N–C) groups is 4. The summed E-state index contributed by atoms with van der Waals surface area (Å²) in [5.74, 6) is 3.79. The quantitative estimate of drug-likeness (QED) is 0.609. The van der Waals surface area contributed by atoms with Crippen LogP contribution in [-0.2, 0) is 0 Å². The number of nitrogens with zero attached hydrogens (tertiary/aromatic N) is 4. The van der Waals surface area contributed by atoms with Crippen LogP contribution in [0.15, 0.2) is 20.0 Å². The van der Waals surface area contributed by atoms with E-state index in [0.717, 1.165) is 37.4 Å². The molecule has 4 nitrogen and oxygen atoms in total. The molecular formula is C20H36N4. The van der Waals surface area contributed by atoms with Gasteiger partial charge in [0.1, 0.15) is 11.7 Å². The van der Waals surface area contributed by atoms with E-state index < -0.39 is 0 Å². The molecule has 1 aliphatic rings. The number of rotatable bonds is 6. The molecule has 0 aromatic carbocycles. The van der Waals surface area contributed by atoms with E-state index in [1.54, 1.807) is 0 Å². The van der Waals surface area contributed by atoms with Gasteiger partial charge < -0.3 is 0 Å². The Bertz CT molecular complexity index is 528. The van der Waals surface area contributed by atoms with E-state index >= 15 is 0 Å². The molecule has 24 heavy (non-hydrogen) atoms. The van der Waals surface area contributed by atoms with Crippen LogP contribution in [0.1, 0.15) is 67.2 Å². The van der Waals surface area contributed by atoms with Crippen LogP contribution in [0, 0.1) is 23.7 Å². The van der Waals surface area contributed by atoms with Gasteiger partial charge in [-0.3, -0.25) is 9.98 Å². The Morgan fingerprint density at radius 2 is 1.88 bits per heavy atom. The molecular weight excluding hydrogens is 296 g/mol. The minimum Gasteiger partial charge on any atom is -0.297 e. The van der Waals surface area contributed by atoms with E-state index in [1.807, 2.05) is 14.1 Å². The predicted molar refractivity (Wildman–Crippen MR) is 108 cm³/mol. The van der Waals surface area contributed by atoms with Crippen molar-refractivity contribution < 1.29 is 0 Å². The third-order valence-corrected chi connectivity index (χ3v) is 5.47. The maximum Gasteiger partial charge on any atom is 0.133 e. The highest BCUT2D eigenvalue weighted by atomic mass is 15.0. The van der Waals surface area contributed by atoms with Crippen molar-refractivity contribution in [3.8, 4) is 0 Å². The SMILES string of the molecule is CCC(CC(C)C(C)=NC1=NC(=NC)C(CC)CC1C)C(C)=NC. The summed E-state index contributed by atoms with van der Waals surface area (Å²) < 4.78 is 0. The molecule has 1 rings (SSSR count). The van der Waals surface area contributed by atoms with Crippen LogP contribution < -0.4 is 0 Å². The molecule has 0 aromatic rings. The third kappa shape index (κ3) is 5.35. The smallest absolute Gasteiger partial charge is 0.133 e. The molecule has 4 unspecified atom stereocenters. The lowest BCUT2D eigenvalue weighted by atomic mass is 9.87. The molecule has 0 amide bonds. The van der Waals surface area contributed by atoms with Gasteiger partial charge in [0.15, 0.2) is 0 Å². The Morgan fingerprint density at radius 3 is 2.38 bits per heavy atom. The second-order valence-corrected chi connectivity index (χ2v) is 7.15. The van der Waals surface area contributed by atoms with Crippen LogP contribution in [0.25, 0.3) is 0 Å². The fourth-order valence-electron chi connectivity index (χ4n) is 3.38. The molecule has 0 bridgehead atoms. The van der Waals surface area contributed by atoms with Crippen molar-refractivity contribution in [1.29, 1.82) is 0 Å². The predicted octanol–water partition coefficient (Wildman–Crippen LogP) is 5.08. The lowest BCUT2D eigenvalue weighted by Gasteiger charge is -2.26. The minimum absolute atomic E-state index is 0.406. The van der Waals surface area contributed by atoms with Crippen LogP contribution in [-0.4, -0.2) is 37.2 Å². The summed E-state index contributed by atoms with van der Waals surface area (Å²) in [6.07, 6.45) is 4.43. The van der Waals surface area contributed by atoms with Crippen molar-refractivity contribution in [3.63, 3.8) is 0 Å². The van der Waals surface area contributed by atoms with E-state index in [-0.39, 0.29) is 0 Å². The maximum absolute atomic E-state index is 4.90. The van der Waals surface area contributed by atoms with Gasteiger partial charge in [-0.05, 0) is 51.4 Å². The van der Waals surface area contributed by atoms with Crippen molar-refractivity contribution in [2.75, 3.05) is 14.1 Å². The minimum atomic E-state index is 0.406. The first-order valence-corrected chi connectivity index (χ1v) is 9.41. The average molecular weight is 333 g/mol. The zero-order chi connectivity index (χ0) is 18.3. The maximum atomic E-state index is 4.90. The third-order valence-electron chi connectivity index (χ3n) is 5.47. The van der Waals surface area contributed by atoms with Crippen molar-refractivity contribution in [2.45, 2.75) is 67.2 Å². The zero-order valence-corrected chi connectivity index (χ0v) is 16.9. The van der Waals surface area contributed by atoms with Gasteiger partial charge in [0, 0.05) is 37.4 Å². The Balaban J connectivity index is 2.92. The molecule has 0 radical (unpaired) electrons. The van der Waals surface area contributed by atoms with Gasteiger partial charge in [-0.1, -0.05) is 27.7 Å². The van der Waals surface area contributed by atoms with Gasteiger partial charge in [0.25, 0.3) is 0 Å². The summed E-state index contributed by atoms with van der Waals surface area (Å²) >= 11 is 0. The van der Waals surface area contributed by atoms with Gasteiger partial charge in [0.05, 0.1) is 0 Å². The van der Waals surface area contributed by atoms with Gasteiger partial charge in [-0.2, -0.15) is 0 Å². The lowest BCUT2D eigenvalue weighted by molar-refractivity contribution is 0.519. The molecule has 4 heteroatoms. The molecule has 1 aliphatic heterocycles. The van der Waals surface area contributed by atoms with Crippen LogP contribution >= 0.6 is 0 Å². The summed E-state index contributed by atoms with van der Waals surface area (Å²) in [6, 6.07) is 0. The van der Waals surface area contributed by atoms with Gasteiger partial charge in [-0.15, -0.1) is 0 Å². The molecule has 0 fully saturated rings. The highest BCUT2D eigenvalue weighted by Gasteiger charge is 2.26. The average Bonchev–Trinajstić information content (AvgIpc) is 2.59. The Labute approximate surface area is 148 Å². The second kappa shape index (κ2) is 9.85. The summed E-state index contributed by atoms with van der Waals surface area (Å²) in [5, 5.41) is 0. The van der Waals surface area contributed by atoms with Gasteiger partial charge >= 0.3 is 0 Å². The molecule has 0 saturated heterocycles. The first-order chi connectivity index (χ1) is 11.4.